The van der Waals surface area contributed by atoms with E-state index in [2.05, 4.69) is 11.4 Å². The number of hydrogen-bond acceptors (Lipinski definition) is 1. The molecule has 0 atom stereocenters. The van der Waals surface area contributed by atoms with E-state index in [0.717, 1.165) is 0 Å². The first-order chi connectivity index (χ1) is 8.56. The summed E-state index contributed by atoms with van der Waals surface area (Å²) in [7, 11) is 0. The molecule has 0 aliphatic rings. The van der Waals surface area contributed by atoms with Crippen LogP contribution in [0, 0.1) is 6.07 Å². The largest absolute Gasteiger partial charge is 0.322 e. The number of rotatable bonds is 2. The third-order valence-electron chi connectivity index (χ3n) is 2.19. The molecule has 91 valence electrons. The van der Waals surface area contributed by atoms with Crippen LogP contribution in [0.15, 0.2) is 36.4 Å². The van der Waals surface area contributed by atoms with E-state index in [1.807, 2.05) is 0 Å². The van der Waals surface area contributed by atoms with Gasteiger partial charge in [-0.15, -0.1) is 0 Å². The number of hydrogen-bond donors (Lipinski definition) is 1. The summed E-state index contributed by atoms with van der Waals surface area (Å²) in [6.45, 7) is 0. The second kappa shape index (κ2) is 5.61. The molecule has 18 heavy (non-hydrogen) atoms. The number of amides is 1. The Morgan fingerprint density at radius 3 is 2.50 bits per heavy atom. The maximum atomic E-state index is 11.9. The van der Waals surface area contributed by atoms with Gasteiger partial charge in [0, 0.05) is 16.3 Å². The van der Waals surface area contributed by atoms with Gasteiger partial charge < -0.3 is 5.32 Å². The lowest BCUT2D eigenvalue weighted by atomic mass is 10.2. The summed E-state index contributed by atoms with van der Waals surface area (Å²) >= 11 is 17.4. The van der Waals surface area contributed by atoms with Crippen molar-refractivity contribution in [1.29, 1.82) is 0 Å². The van der Waals surface area contributed by atoms with Crippen LogP contribution in [-0.2, 0) is 0 Å². The minimum Gasteiger partial charge on any atom is -0.322 e. The molecule has 2 nitrogen and oxygen atoms in total. The van der Waals surface area contributed by atoms with E-state index in [0.29, 0.717) is 26.3 Å². The number of nitrogens with one attached hydrogen (secondary N) is 1. The van der Waals surface area contributed by atoms with Crippen molar-refractivity contribution in [3.05, 3.63) is 63.1 Å². The first kappa shape index (κ1) is 13.2. The summed E-state index contributed by atoms with van der Waals surface area (Å²) < 4.78 is 0. The van der Waals surface area contributed by atoms with Crippen LogP contribution < -0.4 is 5.32 Å². The Kier molecular flexibility index (Phi) is 4.12. The molecule has 0 saturated carbocycles. The van der Waals surface area contributed by atoms with Crippen molar-refractivity contribution in [2.45, 2.75) is 0 Å². The van der Waals surface area contributed by atoms with Gasteiger partial charge in [-0.3, -0.25) is 4.79 Å². The lowest BCUT2D eigenvalue weighted by molar-refractivity contribution is 0.102. The van der Waals surface area contributed by atoms with Crippen molar-refractivity contribution >= 4 is 46.4 Å². The molecule has 0 aliphatic heterocycles. The van der Waals surface area contributed by atoms with Gasteiger partial charge in [-0.1, -0.05) is 40.9 Å². The zero-order chi connectivity index (χ0) is 13.1. The molecular weight excluding hydrogens is 293 g/mol. The molecule has 2 aromatic carbocycles. The van der Waals surface area contributed by atoms with Gasteiger partial charge in [0.2, 0.25) is 0 Å². The highest BCUT2D eigenvalue weighted by atomic mass is 35.5. The molecule has 0 fully saturated rings. The Hall–Kier alpha value is -1.22. The van der Waals surface area contributed by atoms with E-state index in [4.69, 9.17) is 34.8 Å². The monoisotopic (exact) mass is 298 g/mol. The van der Waals surface area contributed by atoms with Crippen LogP contribution >= 0.6 is 34.8 Å². The predicted molar refractivity (Wildman–Crippen MR) is 74.7 cm³/mol. The van der Waals surface area contributed by atoms with Crippen molar-refractivity contribution in [3.8, 4) is 0 Å². The molecule has 1 radical (unpaired) electrons. The smallest absolute Gasteiger partial charge is 0.256 e. The summed E-state index contributed by atoms with van der Waals surface area (Å²) in [5, 5.41) is 3.97. The fraction of sp³-hybridized carbons (Fsp3) is 0. The normalized spacial score (nSPS) is 10.2. The molecule has 0 spiro atoms. The van der Waals surface area contributed by atoms with Crippen molar-refractivity contribution in [1.82, 2.24) is 0 Å². The highest BCUT2D eigenvalue weighted by Crippen LogP contribution is 2.25. The van der Waals surface area contributed by atoms with Crippen LogP contribution in [0.3, 0.4) is 0 Å². The fourth-order valence-corrected chi connectivity index (χ4v) is 1.81. The van der Waals surface area contributed by atoms with E-state index in [1.54, 1.807) is 30.3 Å². The van der Waals surface area contributed by atoms with Crippen LogP contribution in [0.25, 0.3) is 0 Å². The van der Waals surface area contributed by atoms with Crippen molar-refractivity contribution < 1.29 is 4.79 Å². The molecule has 0 bridgehead atoms. The lowest BCUT2D eigenvalue weighted by Gasteiger charge is -2.06. The summed E-state index contributed by atoms with van der Waals surface area (Å²) in [6, 6.07) is 12.4. The quantitative estimate of drug-likeness (QED) is 0.855. The minimum absolute atomic E-state index is 0.309. The molecular formula is C13H7Cl3NO. The number of benzene rings is 2. The SMILES string of the molecule is O=C(Nc1ccc(Cl)c(Cl)c1)c1[c]ccc(Cl)c1. The molecule has 0 saturated heterocycles. The molecule has 0 unspecified atom stereocenters. The Balaban J connectivity index is 2.18. The van der Waals surface area contributed by atoms with Crippen LogP contribution in [-0.4, -0.2) is 5.91 Å². The number of carbonyl (C=O) groups is 1. The van der Waals surface area contributed by atoms with E-state index in [9.17, 15) is 4.79 Å². The minimum atomic E-state index is -0.309. The van der Waals surface area contributed by atoms with Crippen molar-refractivity contribution in [3.63, 3.8) is 0 Å². The van der Waals surface area contributed by atoms with E-state index in [1.165, 1.54) is 6.07 Å². The van der Waals surface area contributed by atoms with E-state index >= 15 is 0 Å². The highest BCUT2D eigenvalue weighted by molar-refractivity contribution is 6.42. The molecule has 2 rings (SSSR count). The van der Waals surface area contributed by atoms with Crippen LogP contribution in [0.2, 0.25) is 15.1 Å². The molecule has 0 aromatic heterocycles. The lowest BCUT2D eigenvalue weighted by Crippen LogP contribution is -2.11. The van der Waals surface area contributed by atoms with Gasteiger partial charge in [0.05, 0.1) is 10.0 Å². The van der Waals surface area contributed by atoms with Crippen LogP contribution in [0.5, 0.6) is 0 Å². The fourth-order valence-electron chi connectivity index (χ4n) is 1.34. The number of carbonyl (C=O) groups excluding carboxylic acids is 1. The van der Waals surface area contributed by atoms with Gasteiger partial charge in [-0.2, -0.15) is 0 Å². The third kappa shape index (κ3) is 3.16. The highest BCUT2D eigenvalue weighted by Gasteiger charge is 2.07. The average molecular weight is 300 g/mol. The second-order valence-corrected chi connectivity index (χ2v) is 4.75. The maximum Gasteiger partial charge on any atom is 0.256 e. The average Bonchev–Trinajstić information content (AvgIpc) is 2.34. The molecule has 2 aromatic rings. The standard InChI is InChI=1S/C13H7Cl3NO/c14-9-3-1-2-8(6-9)13(18)17-10-4-5-11(15)12(16)7-10/h1,3-7H,(H,17,18). The maximum absolute atomic E-state index is 11.9. The van der Waals surface area contributed by atoms with Gasteiger partial charge in [-0.05, 0) is 36.4 Å². The summed E-state index contributed by atoms with van der Waals surface area (Å²) in [6.07, 6.45) is 0. The van der Waals surface area contributed by atoms with Crippen LogP contribution in [0.1, 0.15) is 10.4 Å². The molecule has 0 heterocycles. The van der Waals surface area contributed by atoms with Gasteiger partial charge in [0.15, 0.2) is 0 Å². The topological polar surface area (TPSA) is 29.1 Å². The predicted octanol–water partition coefficient (Wildman–Crippen LogP) is 4.70. The second-order valence-electron chi connectivity index (χ2n) is 3.50. The van der Waals surface area contributed by atoms with Crippen molar-refractivity contribution in [2.24, 2.45) is 0 Å². The summed E-state index contributed by atoms with van der Waals surface area (Å²) in [5.74, 6) is -0.309. The van der Waals surface area contributed by atoms with E-state index < -0.39 is 0 Å². The Morgan fingerprint density at radius 1 is 1.06 bits per heavy atom. The van der Waals surface area contributed by atoms with Crippen LogP contribution in [0.4, 0.5) is 5.69 Å². The zero-order valence-electron chi connectivity index (χ0n) is 9.01. The number of halogens is 3. The zero-order valence-corrected chi connectivity index (χ0v) is 11.3. The Bertz CT molecular complexity index is 599. The summed E-state index contributed by atoms with van der Waals surface area (Å²) in [5.41, 5.74) is 0.913. The molecule has 1 N–H and O–H groups in total. The van der Waals surface area contributed by atoms with Gasteiger partial charge in [-0.25, -0.2) is 0 Å². The van der Waals surface area contributed by atoms with E-state index in [-0.39, 0.29) is 5.91 Å². The number of anilines is 1. The van der Waals surface area contributed by atoms with Crippen molar-refractivity contribution in [2.75, 3.05) is 5.32 Å². The molecule has 5 heteroatoms. The molecule has 0 aliphatic carbocycles. The third-order valence-corrected chi connectivity index (χ3v) is 3.16. The van der Waals surface area contributed by atoms with Gasteiger partial charge in [0.25, 0.3) is 5.91 Å². The first-order valence-corrected chi connectivity index (χ1v) is 6.13. The Morgan fingerprint density at radius 2 is 1.83 bits per heavy atom. The molecule has 1 amide bonds. The Labute approximate surface area is 119 Å². The van der Waals surface area contributed by atoms with Gasteiger partial charge in [0.1, 0.15) is 0 Å². The first-order valence-electron chi connectivity index (χ1n) is 5.00. The summed E-state index contributed by atoms with van der Waals surface area (Å²) in [4.78, 5) is 11.9. The van der Waals surface area contributed by atoms with Gasteiger partial charge >= 0.3 is 0 Å².